The van der Waals surface area contributed by atoms with Crippen LogP contribution in [0, 0.1) is 20.2 Å². The normalized spacial score (nSPS) is 10.0. The summed E-state index contributed by atoms with van der Waals surface area (Å²) in [6.45, 7) is 0. The van der Waals surface area contributed by atoms with Crippen LogP contribution in [0.15, 0.2) is 77.9 Å². The number of guanidine groups is 1. The Morgan fingerprint density at radius 3 is 1.86 bits per heavy atom. The number of nitro groups is 2. The lowest BCUT2D eigenvalue weighted by atomic mass is 10.3. The van der Waals surface area contributed by atoms with Gasteiger partial charge in [-0.1, -0.05) is 36.4 Å². The van der Waals surface area contributed by atoms with E-state index in [1.165, 1.54) is 0 Å². The number of para-hydroxylation sites is 2. The molecule has 0 aliphatic rings. The van der Waals surface area contributed by atoms with Crippen LogP contribution in [0.2, 0.25) is 0 Å². The number of anilines is 2. The van der Waals surface area contributed by atoms with Gasteiger partial charge in [0.25, 0.3) is 5.69 Å². The fraction of sp³-hybridized carbons (Fsp3) is 0. The Bertz CT molecular complexity index is 981. The Kier molecular flexibility index (Phi) is 5.51. The Balaban J connectivity index is 2.02. The molecule has 0 bridgehead atoms. The fourth-order valence-electron chi connectivity index (χ4n) is 2.27. The Labute approximate surface area is 158 Å². The van der Waals surface area contributed by atoms with E-state index in [1.54, 1.807) is 24.3 Å². The molecule has 3 rings (SSSR count). The summed E-state index contributed by atoms with van der Waals surface area (Å²) >= 11 is 0. The molecule has 0 spiro atoms. The minimum Gasteiger partial charge on any atom is -0.326 e. The first-order valence-corrected chi connectivity index (χ1v) is 8.04. The van der Waals surface area contributed by atoms with Crippen molar-refractivity contribution in [3.8, 4) is 0 Å². The van der Waals surface area contributed by atoms with Gasteiger partial charge in [-0.05, 0) is 24.3 Å². The van der Waals surface area contributed by atoms with E-state index in [1.807, 2.05) is 36.4 Å². The minimum absolute atomic E-state index is 0.168. The topological polar surface area (TPSA) is 136 Å². The van der Waals surface area contributed by atoms with Gasteiger partial charge in [0.15, 0.2) is 0 Å². The zero-order valence-electron chi connectivity index (χ0n) is 14.4. The van der Waals surface area contributed by atoms with Gasteiger partial charge in [0.05, 0.1) is 15.9 Å². The van der Waals surface area contributed by atoms with E-state index in [-0.39, 0.29) is 11.8 Å². The molecule has 0 unspecified atom stereocenters. The number of hydrogen-bond acceptors (Lipinski definition) is 6. The summed E-state index contributed by atoms with van der Waals surface area (Å²) in [7, 11) is 0. The molecule has 1 aromatic heterocycles. The molecule has 0 atom stereocenters. The Morgan fingerprint density at radius 1 is 0.857 bits per heavy atom. The van der Waals surface area contributed by atoms with E-state index in [4.69, 9.17) is 0 Å². The number of pyridine rings is 1. The van der Waals surface area contributed by atoms with Crippen LogP contribution in [-0.4, -0.2) is 20.8 Å². The molecule has 10 heteroatoms. The number of aromatic nitrogens is 1. The summed E-state index contributed by atoms with van der Waals surface area (Å²) in [6.07, 6.45) is 0.925. The van der Waals surface area contributed by atoms with Gasteiger partial charge >= 0.3 is 5.69 Å². The monoisotopic (exact) mass is 378 g/mol. The van der Waals surface area contributed by atoms with Gasteiger partial charge in [-0.2, -0.15) is 4.99 Å². The Hall–Kier alpha value is -4.34. The third-order valence-electron chi connectivity index (χ3n) is 3.53. The molecular formula is C18H14N6O4. The van der Waals surface area contributed by atoms with E-state index < -0.39 is 21.2 Å². The van der Waals surface area contributed by atoms with E-state index in [0.717, 1.165) is 12.3 Å². The predicted octanol–water partition coefficient (Wildman–Crippen LogP) is 4.11. The fourth-order valence-corrected chi connectivity index (χ4v) is 2.27. The highest BCUT2D eigenvalue weighted by Gasteiger charge is 2.21. The van der Waals surface area contributed by atoms with Crippen molar-refractivity contribution in [3.05, 3.63) is 93.2 Å². The molecule has 2 aromatic carbocycles. The second-order valence-corrected chi connectivity index (χ2v) is 5.49. The smallest absolute Gasteiger partial charge is 0.320 e. The van der Waals surface area contributed by atoms with Crippen molar-refractivity contribution in [2.75, 3.05) is 10.6 Å². The summed E-state index contributed by atoms with van der Waals surface area (Å²) in [5.74, 6) is -0.0979. The van der Waals surface area contributed by atoms with Crippen LogP contribution in [-0.2, 0) is 0 Å². The Morgan fingerprint density at radius 2 is 1.39 bits per heavy atom. The van der Waals surface area contributed by atoms with Crippen LogP contribution in [0.4, 0.5) is 28.6 Å². The molecule has 0 aliphatic heterocycles. The molecule has 0 fully saturated rings. The molecule has 3 aromatic rings. The molecule has 140 valence electrons. The van der Waals surface area contributed by atoms with Gasteiger partial charge in [-0.15, -0.1) is 0 Å². The molecule has 0 saturated carbocycles. The van der Waals surface area contributed by atoms with Crippen molar-refractivity contribution in [3.63, 3.8) is 0 Å². The number of aliphatic imine (C=N–C) groups is 1. The van der Waals surface area contributed by atoms with Gasteiger partial charge in [0, 0.05) is 11.4 Å². The average molecular weight is 378 g/mol. The molecule has 0 saturated heterocycles. The van der Waals surface area contributed by atoms with Crippen LogP contribution in [0.3, 0.4) is 0 Å². The second-order valence-electron chi connectivity index (χ2n) is 5.49. The number of nitrogens with zero attached hydrogens (tertiary/aromatic N) is 4. The van der Waals surface area contributed by atoms with Crippen molar-refractivity contribution in [1.29, 1.82) is 0 Å². The molecule has 0 amide bonds. The van der Waals surface area contributed by atoms with Gasteiger partial charge < -0.3 is 10.6 Å². The molecule has 10 nitrogen and oxygen atoms in total. The van der Waals surface area contributed by atoms with Crippen LogP contribution < -0.4 is 10.6 Å². The minimum atomic E-state index is -0.762. The van der Waals surface area contributed by atoms with E-state index >= 15 is 0 Å². The van der Waals surface area contributed by atoms with Gasteiger partial charge in [-0.25, -0.2) is 4.98 Å². The summed E-state index contributed by atoms with van der Waals surface area (Å²) in [5.41, 5.74) is 0.319. The summed E-state index contributed by atoms with van der Waals surface area (Å²) in [5, 5.41) is 28.2. The third kappa shape index (κ3) is 4.64. The second kappa shape index (κ2) is 8.36. The zero-order valence-corrected chi connectivity index (χ0v) is 14.4. The van der Waals surface area contributed by atoms with E-state index in [0.29, 0.717) is 11.4 Å². The van der Waals surface area contributed by atoms with Gasteiger partial charge in [-0.3, -0.25) is 20.2 Å². The molecule has 28 heavy (non-hydrogen) atoms. The highest BCUT2D eigenvalue weighted by Crippen LogP contribution is 2.29. The maximum atomic E-state index is 11.3. The van der Waals surface area contributed by atoms with Crippen LogP contribution >= 0.6 is 0 Å². The molecule has 0 radical (unpaired) electrons. The van der Waals surface area contributed by atoms with Crippen molar-refractivity contribution < 1.29 is 9.85 Å². The van der Waals surface area contributed by atoms with Crippen LogP contribution in [0.25, 0.3) is 0 Å². The van der Waals surface area contributed by atoms with Crippen molar-refractivity contribution in [1.82, 2.24) is 4.98 Å². The van der Waals surface area contributed by atoms with Crippen molar-refractivity contribution >= 4 is 34.5 Å². The molecular weight excluding hydrogens is 364 g/mol. The lowest BCUT2D eigenvalue weighted by Crippen LogP contribution is -2.22. The molecule has 1 heterocycles. The predicted molar refractivity (Wildman–Crippen MR) is 105 cm³/mol. The quantitative estimate of drug-likeness (QED) is 0.295. The number of benzene rings is 2. The number of rotatable bonds is 5. The first kappa shape index (κ1) is 18.5. The molecule has 0 aliphatic carbocycles. The summed E-state index contributed by atoms with van der Waals surface area (Å²) in [4.78, 5) is 28.7. The van der Waals surface area contributed by atoms with Crippen LogP contribution in [0.5, 0.6) is 0 Å². The van der Waals surface area contributed by atoms with Crippen molar-refractivity contribution in [2.24, 2.45) is 4.99 Å². The summed E-state index contributed by atoms with van der Waals surface area (Å²) in [6, 6.07) is 18.9. The highest BCUT2D eigenvalue weighted by atomic mass is 16.6. The molecule has 2 N–H and O–H groups in total. The number of hydrogen-bond donors (Lipinski definition) is 2. The standard InChI is InChI=1S/C18H14N6O4/c25-23(26)15-11-16(24(27)28)17(19-12-15)22-18(20-13-7-3-1-4-8-13)21-14-9-5-2-6-10-14/h1-12H,(H2,19,20,21,22). The van der Waals surface area contributed by atoms with E-state index in [2.05, 4.69) is 20.6 Å². The van der Waals surface area contributed by atoms with E-state index in [9.17, 15) is 20.2 Å². The van der Waals surface area contributed by atoms with Gasteiger partial charge in [0.1, 0.15) is 6.20 Å². The maximum absolute atomic E-state index is 11.3. The lowest BCUT2D eigenvalue weighted by molar-refractivity contribution is -0.394. The lowest BCUT2D eigenvalue weighted by Gasteiger charge is -2.12. The van der Waals surface area contributed by atoms with Gasteiger partial charge in [0.2, 0.25) is 11.8 Å². The van der Waals surface area contributed by atoms with Crippen LogP contribution in [0.1, 0.15) is 0 Å². The van der Waals surface area contributed by atoms with Crippen molar-refractivity contribution in [2.45, 2.75) is 0 Å². The number of nitrogens with one attached hydrogen (secondary N) is 2. The first-order chi connectivity index (χ1) is 13.5. The highest BCUT2D eigenvalue weighted by molar-refractivity contribution is 6.05. The zero-order chi connectivity index (χ0) is 19.9. The third-order valence-corrected chi connectivity index (χ3v) is 3.53. The first-order valence-electron chi connectivity index (χ1n) is 8.04. The maximum Gasteiger partial charge on any atom is 0.320 e. The SMILES string of the molecule is O=[N+]([O-])c1cnc(N=C(Nc2ccccc2)Nc2ccccc2)c([N+](=O)[O-])c1. The average Bonchev–Trinajstić information content (AvgIpc) is 2.69. The summed E-state index contributed by atoms with van der Waals surface area (Å²) < 4.78 is 0. The largest absolute Gasteiger partial charge is 0.326 e.